The van der Waals surface area contributed by atoms with Gasteiger partial charge in [-0.25, -0.2) is 0 Å². The highest BCUT2D eigenvalue weighted by atomic mass is 16.5. The van der Waals surface area contributed by atoms with Gasteiger partial charge in [0.2, 0.25) is 0 Å². The normalized spacial score (nSPS) is 15.8. The zero-order chi connectivity index (χ0) is 8.39. The van der Waals surface area contributed by atoms with Crippen LogP contribution in [0.4, 0.5) is 5.69 Å². The van der Waals surface area contributed by atoms with Crippen molar-refractivity contribution in [1.82, 2.24) is 0 Å². The Bertz CT molecular complexity index is 268. The lowest BCUT2D eigenvalue weighted by Gasteiger charge is -2.05. The van der Waals surface area contributed by atoms with Crippen LogP contribution in [0.2, 0.25) is 0 Å². The summed E-state index contributed by atoms with van der Waals surface area (Å²) in [7, 11) is 1.69. The van der Waals surface area contributed by atoms with E-state index in [4.69, 9.17) is 4.74 Å². The predicted molar refractivity (Wildman–Crippen MR) is 49.6 cm³/mol. The van der Waals surface area contributed by atoms with Crippen LogP contribution in [0.1, 0.15) is 12.8 Å². The minimum Gasteiger partial charge on any atom is -0.497 e. The number of hydrogen-bond acceptors (Lipinski definition) is 2. The number of nitrogens with one attached hydrogen (secondary N) is 1. The number of anilines is 1. The Labute approximate surface area is 72.5 Å². The lowest BCUT2D eigenvalue weighted by atomic mass is 10.3. The largest absolute Gasteiger partial charge is 0.497 e. The summed E-state index contributed by atoms with van der Waals surface area (Å²) in [6.45, 7) is 0. The molecule has 0 spiro atoms. The maximum absolute atomic E-state index is 5.12. The summed E-state index contributed by atoms with van der Waals surface area (Å²) < 4.78 is 5.12. The van der Waals surface area contributed by atoms with E-state index in [0.717, 1.165) is 11.4 Å². The molecule has 1 fully saturated rings. The lowest BCUT2D eigenvalue weighted by molar-refractivity contribution is 0.415. The highest BCUT2D eigenvalue weighted by Crippen LogP contribution is 2.26. The Morgan fingerprint density at radius 3 is 2.92 bits per heavy atom. The zero-order valence-electron chi connectivity index (χ0n) is 7.21. The molecular formula is C10H13NO. The van der Waals surface area contributed by atoms with Gasteiger partial charge in [-0.2, -0.15) is 0 Å². The Balaban J connectivity index is 2.08. The maximum Gasteiger partial charge on any atom is 0.120 e. The standard InChI is InChI=1S/C10H13NO/c1-12-10-4-2-3-9(7-10)11-8-5-6-8/h2-4,7-8,11H,5-6H2,1H3. The van der Waals surface area contributed by atoms with Gasteiger partial charge >= 0.3 is 0 Å². The van der Waals surface area contributed by atoms with Gasteiger partial charge in [-0.3, -0.25) is 0 Å². The molecule has 64 valence electrons. The van der Waals surface area contributed by atoms with Gasteiger partial charge in [-0.15, -0.1) is 0 Å². The molecule has 0 unspecified atom stereocenters. The highest BCUT2D eigenvalue weighted by molar-refractivity contribution is 5.49. The first kappa shape index (κ1) is 7.47. The molecule has 0 aromatic heterocycles. The van der Waals surface area contributed by atoms with Crippen LogP contribution >= 0.6 is 0 Å². The van der Waals surface area contributed by atoms with Gasteiger partial charge in [0.05, 0.1) is 7.11 Å². The van der Waals surface area contributed by atoms with Crippen LogP contribution in [0.5, 0.6) is 5.75 Å². The molecule has 2 nitrogen and oxygen atoms in total. The first-order valence-corrected chi connectivity index (χ1v) is 4.29. The Morgan fingerprint density at radius 2 is 2.25 bits per heavy atom. The first-order valence-electron chi connectivity index (χ1n) is 4.29. The molecule has 2 rings (SSSR count). The van der Waals surface area contributed by atoms with Gasteiger partial charge in [0.1, 0.15) is 5.75 Å². The van der Waals surface area contributed by atoms with Crippen molar-refractivity contribution in [3.8, 4) is 5.75 Å². The van der Waals surface area contributed by atoms with E-state index in [1.165, 1.54) is 12.8 Å². The summed E-state index contributed by atoms with van der Waals surface area (Å²) in [5.41, 5.74) is 1.16. The van der Waals surface area contributed by atoms with Gasteiger partial charge < -0.3 is 10.1 Å². The van der Waals surface area contributed by atoms with E-state index in [-0.39, 0.29) is 0 Å². The van der Waals surface area contributed by atoms with Crippen LogP contribution in [0, 0.1) is 0 Å². The number of methoxy groups -OCH3 is 1. The Kier molecular flexibility index (Phi) is 1.90. The van der Waals surface area contributed by atoms with Crippen LogP contribution in [0.3, 0.4) is 0 Å². The number of hydrogen-bond donors (Lipinski definition) is 1. The number of ether oxygens (including phenoxy) is 1. The molecule has 0 amide bonds. The van der Waals surface area contributed by atoms with Gasteiger partial charge in [-0.05, 0) is 25.0 Å². The molecule has 0 saturated heterocycles. The zero-order valence-corrected chi connectivity index (χ0v) is 7.21. The van der Waals surface area contributed by atoms with E-state index in [1.807, 2.05) is 18.2 Å². The molecule has 0 aliphatic heterocycles. The van der Waals surface area contributed by atoms with Crippen LogP contribution < -0.4 is 10.1 Å². The van der Waals surface area contributed by atoms with E-state index in [9.17, 15) is 0 Å². The third-order valence-corrected chi connectivity index (χ3v) is 2.02. The molecule has 1 aromatic carbocycles. The smallest absolute Gasteiger partial charge is 0.120 e. The van der Waals surface area contributed by atoms with Crippen LogP contribution in [-0.4, -0.2) is 13.2 Å². The van der Waals surface area contributed by atoms with Crippen molar-refractivity contribution in [2.45, 2.75) is 18.9 Å². The van der Waals surface area contributed by atoms with Crippen molar-refractivity contribution in [3.05, 3.63) is 24.3 Å². The van der Waals surface area contributed by atoms with Crippen molar-refractivity contribution in [2.24, 2.45) is 0 Å². The van der Waals surface area contributed by atoms with Gasteiger partial charge in [0.15, 0.2) is 0 Å². The van der Waals surface area contributed by atoms with Crippen LogP contribution in [-0.2, 0) is 0 Å². The van der Waals surface area contributed by atoms with Gasteiger partial charge in [0.25, 0.3) is 0 Å². The molecule has 1 aromatic rings. The van der Waals surface area contributed by atoms with E-state index >= 15 is 0 Å². The summed E-state index contributed by atoms with van der Waals surface area (Å²) in [4.78, 5) is 0. The van der Waals surface area contributed by atoms with Gasteiger partial charge in [-0.1, -0.05) is 6.07 Å². The summed E-state index contributed by atoms with van der Waals surface area (Å²) in [6.07, 6.45) is 2.61. The van der Waals surface area contributed by atoms with Crippen LogP contribution in [0.15, 0.2) is 24.3 Å². The fraction of sp³-hybridized carbons (Fsp3) is 0.400. The Hall–Kier alpha value is -1.18. The van der Waals surface area contributed by atoms with Gasteiger partial charge in [0, 0.05) is 17.8 Å². The molecule has 1 saturated carbocycles. The van der Waals surface area contributed by atoms with Crippen LogP contribution in [0.25, 0.3) is 0 Å². The topological polar surface area (TPSA) is 21.3 Å². The molecule has 1 aliphatic carbocycles. The third-order valence-electron chi connectivity index (χ3n) is 2.02. The predicted octanol–water partition coefficient (Wildman–Crippen LogP) is 2.27. The van der Waals surface area contributed by atoms with Crippen molar-refractivity contribution in [1.29, 1.82) is 0 Å². The first-order chi connectivity index (χ1) is 5.88. The molecule has 1 N–H and O–H groups in total. The SMILES string of the molecule is COc1cccc(NC2CC2)c1. The number of rotatable bonds is 3. The minimum atomic E-state index is 0.706. The molecule has 0 bridgehead atoms. The molecular weight excluding hydrogens is 150 g/mol. The maximum atomic E-state index is 5.12. The molecule has 2 heteroatoms. The summed E-state index contributed by atoms with van der Waals surface area (Å²) in [5, 5.41) is 3.41. The highest BCUT2D eigenvalue weighted by Gasteiger charge is 2.20. The summed E-state index contributed by atoms with van der Waals surface area (Å²) in [6, 6.07) is 8.76. The lowest BCUT2D eigenvalue weighted by Crippen LogP contribution is -2.00. The second-order valence-corrected chi connectivity index (χ2v) is 3.15. The molecule has 1 aliphatic rings. The molecule has 12 heavy (non-hydrogen) atoms. The van der Waals surface area contributed by atoms with Crippen molar-refractivity contribution in [3.63, 3.8) is 0 Å². The molecule has 0 atom stereocenters. The van der Waals surface area contributed by atoms with E-state index < -0.39 is 0 Å². The monoisotopic (exact) mass is 163 g/mol. The van der Waals surface area contributed by atoms with E-state index in [2.05, 4.69) is 11.4 Å². The average molecular weight is 163 g/mol. The Morgan fingerprint density at radius 1 is 1.42 bits per heavy atom. The minimum absolute atomic E-state index is 0.706. The summed E-state index contributed by atoms with van der Waals surface area (Å²) >= 11 is 0. The summed E-state index contributed by atoms with van der Waals surface area (Å²) in [5.74, 6) is 0.917. The fourth-order valence-electron chi connectivity index (χ4n) is 1.18. The second-order valence-electron chi connectivity index (χ2n) is 3.15. The average Bonchev–Trinajstić information content (AvgIpc) is 2.89. The van der Waals surface area contributed by atoms with Crippen molar-refractivity contribution >= 4 is 5.69 Å². The molecule has 0 radical (unpaired) electrons. The quantitative estimate of drug-likeness (QED) is 0.738. The van der Waals surface area contributed by atoms with Crippen molar-refractivity contribution in [2.75, 3.05) is 12.4 Å². The van der Waals surface area contributed by atoms with E-state index in [1.54, 1.807) is 7.11 Å². The second kappa shape index (κ2) is 3.05. The fourth-order valence-corrected chi connectivity index (χ4v) is 1.18. The van der Waals surface area contributed by atoms with E-state index in [0.29, 0.717) is 6.04 Å². The third kappa shape index (κ3) is 1.70. The molecule has 0 heterocycles. The number of benzene rings is 1. The van der Waals surface area contributed by atoms with Crippen molar-refractivity contribution < 1.29 is 4.74 Å².